The number of aryl methyl sites for hydroxylation is 3. The molecule has 0 atom stereocenters. The van der Waals surface area contributed by atoms with Gasteiger partial charge in [-0.1, -0.05) is 36.5 Å². The van der Waals surface area contributed by atoms with Crippen molar-refractivity contribution < 1.29 is 8.42 Å². The highest BCUT2D eigenvalue weighted by atomic mass is 32.2. The molecule has 0 unspecified atom stereocenters. The smallest absolute Gasteiger partial charge is 0.302 e. The molecule has 1 aromatic heterocycles. The van der Waals surface area contributed by atoms with Crippen molar-refractivity contribution in [3.8, 4) is 0 Å². The first kappa shape index (κ1) is 16.7. The lowest BCUT2D eigenvalue weighted by Gasteiger charge is -2.14. The molecule has 0 bridgehead atoms. The first-order chi connectivity index (χ1) is 11.3. The summed E-state index contributed by atoms with van der Waals surface area (Å²) in [5.41, 5.74) is 3.18. The normalized spacial score (nSPS) is 11.8. The SMILES string of the molecule is CCc1cccc(C)c1NS(=O)(=O)c1ccc2c(c1)sc(=O)n2C. The van der Waals surface area contributed by atoms with Crippen molar-refractivity contribution >= 4 is 37.3 Å². The van der Waals surface area contributed by atoms with Crippen molar-refractivity contribution in [3.63, 3.8) is 0 Å². The number of thiazole rings is 1. The molecule has 5 nitrogen and oxygen atoms in total. The van der Waals surface area contributed by atoms with Crippen LogP contribution in [0.15, 0.2) is 46.1 Å². The minimum Gasteiger partial charge on any atom is -0.302 e. The summed E-state index contributed by atoms with van der Waals surface area (Å²) < 4.78 is 30.4. The fraction of sp³-hybridized carbons (Fsp3) is 0.235. The van der Waals surface area contributed by atoms with E-state index in [0.717, 1.165) is 34.4 Å². The summed E-state index contributed by atoms with van der Waals surface area (Å²) in [4.78, 5) is 11.8. The van der Waals surface area contributed by atoms with Gasteiger partial charge in [0.05, 0.1) is 20.8 Å². The molecular formula is C17H18N2O3S2. The Labute approximate surface area is 144 Å². The lowest BCUT2D eigenvalue weighted by molar-refractivity contribution is 0.601. The van der Waals surface area contributed by atoms with Gasteiger partial charge in [-0.25, -0.2) is 8.42 Å². The first-order valence-electron chi connectivity index (χ1n) is 7.54. The number of fused-ring (bicyclic) bond motifs is 1. The number of nitrogens with one attached hydrogen (secondary N) is 1. The van der Waals surface area contributed by atoms with Gasteiger partial charge in [0, 0.05) is 7.05 Å². The van der Waals surface area contributed by atoms with Gasteiger partial charge >= 0.3 is 4.87 Å². The van der Waals surface area contributed by atoms with Gasteiger partial charge in [0.2, 0.25) is 0 Å². The Hall–Kier alpha value is -2.12. The molecule has 7 heteroatoms. The van der Waals surface area contributed by atoms with E-state index in [-0.39, 0.29) is 9.77 Å². The van der Waals surface area contributed by atoms with Crippen LogP contribution in [0, 0.1) is 6.92 Å². The number of para-hydroxylation sites is 1. The lowest BCUT2D eigenvalue weighted by Crippen LogP contribution is -2.15. The monoisotopic (exact) mass is 362 g/mol. The summed E-state index contributed by atoms with van der Waals surface area (Å²) >= 11 is 1.04. The van der Waals surface area contributed by atoms with Crippen LogP contribution in [-0.2, 0) is 23.5 Å². The van der Waals surface area contributed by atoms with Gasteiger partial charge in [-0.3, -0.25) is 9.52 Å². The second kappa shape index (κ2) is 6.07. The third kappa shape index (κ3) is 2.85. The van der Waals surface area contributed by atoms with E-state index in [1.165, 1.54) is 10.6 Å². The Morgan fingerprint density at radius 3 is 2.67 bits per heavy atom. The Bertz CT molecular complexity index is 1080. The van der Waals surface area contributed by atoms with Crippen LogP contribution in [0.1, 0.15) is 18.1 Å². The van der Waals surface area contributed by atoms with Gasteiger partial charge in [-0.15, -0.1) is 0 Å². The molecule has 0 aliphatic rings. The third-order valence-corrected chi connectivity index (χ3v) is 6.39. The summed E-state index contributed by atoms with van der Waals surface area (Å²) in [7, 11) is -2.04. The van der Waals surface area contributed by atoms with E-state index in [0.29, 0.717) is 10.4 Å². The van der Waals surface area contributed by atoms with E-state index >= 15 is 0 Å². The highest BCUT2D eigenvalue weighted by molar-refractivity contribution is 7.92. The lowest BCUT2D eigenvalue weighted by atomic mass is 10.1. The number of hydrogen-bond acceptors (Lipinski definition) is 4. The molecule has 0 radical (unpaired) electrons. The predicted molar refractivity (Wildman–Crippen MR) is 98.4 cm³/mol. The quantitative estimate of drug-likeness (QED) is 0.774. The van der Waals surface area contributed by atoms with Crippen LogP contribution in [0.3, 0.4) is 0 Å². The summed E-state index contributed by atoms with van der Waals surface area (Å²) in [6, 6.07) is 10.5. The van der Waals surface area contributed by atoms with Crippen molar-refractivity contribution in [2.45, 2.75) is 25.2 Å². The topological polar surface area (TPSA) is 68.2 Å². The Kier molecular flexibility index (Phi) is 4.23. The molecule has 1 heterocycles. The molecular weight excluding hydrogens is 344 g/mol. The summed E-state index contributed by atoms with van der Waals surface area (Å²) in [6.45, 7) is 3.86. The largest absolute Gasteiger partial charge is 0.307 e. The minimum atomic E-state index is -3.72. The number of benzene rings is 2. The van der Waals surface area contributed by atoms with E-state index < -0.39 is 10.0 Å². The second-order valence-electron chi connectivity index (χ2n) is 5.62. The van der Waals surface area contributed by atoms with Crippen LogP contribution >= 0.6 is 11.3 Å². The molecule has 0 fully saturated rings. The average molecular weight is 362 g/mol. The van der Waals surface area contributed by atoms with E-state index in [9.17, 15) is 13.2 Å². The van der Waals surface area contributed by atoms with E-state index in [2.05, 4.69) is 4.72 Å². The van der Waals surface area contributed by atoms with Gasteiger partial charge in [-0.05, 0) is 42.7 Å². The van der Waals surface area contributed by atoms with Crippen molar-refractivity contribution in [3.05, 3.63) is 57.2 Å². The maximum Gasteiger partial charge on any atom is 0.307 e. The number of hydrogen-bond donors (Lipinski definition) is 1. The first-order valence-corrected chi connectivity index (χ1v) is 9.84. The van der Waals surface area contributed by atoms with Crippen LogP contribution < -0.4 is 9.60 Å². The summed E-state index contributed by atoms with van der Waals surface area (Å²) in [6.07, 6.45) is 0.735. The van der Waals surface area contributed by atoms with Gasteiger partial charge in [-0.2, -0.15) is 0 Å². The van der Waals surface area contributed by atoms with Gasteiger partial charge in [0.25, 0.3) is 10.0 Å². The number of sulfonamides is 1. The van der Waals surface area contributed by atoms with E-state index in [1.807, 2.05) is 32.0 Å². The Morgan fingerprint density at radius 1 is 1.21 bits per heavy atom. The van der Waals surface area contributed by atoms with Crippen LogP contribution in [0.5, 0.6) is 0 Å². The van der Waals surface area contributed by atoms with Crippen molar-refractivity contribution in [2.24, 2.45) is 7.05 Å². The van der Waals surface area contributed by atoms with Crippen LogP contribution in [0.2, 0.25) is 0 Å². The number of aromatic nitrogens is 1. The molecule has 3 aromatic rings. The predicted octanol–water partition coefficient (Wildman–Crippen LogP) is 3.27. The standard InChI is InChI=1S/C17H18N2O3S2/c1-4-12-7-5-6-11(2)16(12)18-24(21,22)13-8-9-14-15(10-13)23-17(20)19(14)3/h5-10,18H,4H2,1-3H3. The minimum absolute atomic E-state index is 0.111. The molecule has 0 saturated heterocycles. The highest BCUT2D eigenvalue weighted by Gasteiger charge is 2.18. The second-order valence-corrected chi connectivity index (χ2v) is 8.30. The molecule has 2 aromatic carbocycles. The van der Waals surface area contributed by atoms with Gasteiger partial charge in [0.1, 0.15) is 0 Å². The molecule has 3 rings (SSSR count). The summed E-state index contributed by atoms with van der Waals surface area (Å²) in [5, 5.41) is 0. The molecule has 0 aliphatic heterocycles. The maximum atomic E-state index is 12.8. The molecule has 126 valence electrons. The average Bonchev–Trinajstić information content (AvgIpc) is 2.83. The number of rotatable bonds is 4. The molecule has 0 spiro atoms. The third-order valence-electron chi connectivity index (χ3n) is 4.05. The highest BCUT2D eigenvalue weighted by Crippen LogP contribution is 2.26. The molecule has 0 aliphatic carbocycles. The molecule has 1 N–H and O–H groups in total. The molecule has 24 heavy (non-hydrogen) atoms. The molecule has 0 saturated carbocycles. The van der Waals surface area contributed by atoms with Gasteiger partial charge in [0.15, 0.2) is 0 Å². The Balaban J connectivity index is 2.07. The summed E-state index contributed by atoms with van der Waals surface area (Å²) in [5.74, 6) is 0. The van der Waals surface area contributed by atoms with Gasteiger partial charge < -0.3 is 4.57 Å². The number of nitrogens with zero attached hydrogens (tertiary/aromatic N) is 1. The van der Waals surface area contributed by atoms with Crippen LogP contribution in [-0.4, -0.2) is 13.0 Å². The van der Waals surface area contributed by atoms with E-state index in [1.54, 1.807) is 19.2 Å². The van der Waals surface area contributed by atoms with Crippen molar-refractivity contribution in [1.29, 1.82) is 0 Å². The number of anilines is 1. The fourth-order valence-corrected chi connectivity index (χ4v) is 4.84. The van der Waals surface area contributed by atoms with Crippen molar-refractivity contribution in [2.75, 3.05) is 4.72 Å². The zero-order valence-corrected chi connectivity index (χ0v) is 15.3. The van der Waals surface area contributed by atoms with Crippen molar-refractivity contribution in [1.82, 2.24) is 4.57 Å². The zero-order chi connectivity index (χ0) is 17.5. The fourth-order valence-electron chi connectivity index (χ4n) is 2.64. The van der Waals surface area contributed by atoms with Crippen LogP contribution in [0.4, 0.5) is 5.69 Å². The zero-order valence-electron chi connectivity index (χ0n) is 13.7. The Morgan fingerprint density at radius 2 is 1.96 bits per heavy atom. The molecule has 0 amide bonds. The maximum absolute atomic E-state index is 12.8. The van der Waals surface area contributed by atoms with Crippen LogP contribution in [0.25, 0.3) is 10.2 Å². The van der Waals surface area contributed by atoms with E-state index in [4.69, 9.17) is 0 Å².